The first-order valence-electron chi connectivity index (χ1n) is 9.15. The predicted molar refractivity (Wildman–Crippen MR) is 99.8 cm³/mol. The highest BCUT2D eigenvalue weighted by Crippen LogP contribution is 2.37. The molecule has 4 nitrogen and oxygen atoms in total. The van der Waals surface area contributed by atoms with E-state index >= 15 is 0 Å². The van der Waals surface area contributed by atoms with Crippen LogP contribution in [-0.2, 0) is 22.9 Å². The standard InChI is InChI=1S/C21H23F3N2O2/c22-21(23,24)18-6-2-5-17(12-18)20(7-9-28-10-8-20)14-26-13-15-3-1-4-16(11-15)19(25)27/h1-6,11-12,26H,7-10,13-14H2,(H2,25,27). The number of carbonyl (C=O) groups is 1. The summed E-state index contributed by atoms with van der Waals surface area (Å²) < 4.78 is 44.9. The smallest absolute Gasteiger partial charge is 0.381 e. The summed E-state index contributed by atoms with van der Waals surface area (Å²) in [6, 6.07) is 12.6. The van der Waals surface area contributed by atoms with Gasteiger partial charge < -0.3 is 15.8 Å². The maximum atomic E-state index is 13.2. The molecule has 0 spiro atoms. The van der Waals surface area contributed by atoms with Gasteiger partial charge in [-0.25, -0.2) is 0 Å². The fraction of sp³-hybridized carbons (Fsp3) is 0.381. The zero-order valence-electron chi connectivity index (χ0n) is 15.4. The lowest BCUT2D eigenvalue weighted by molar-refractivity contribution is -0.137. The molecular formula is C21H23F3N2O2. The van der Waals surface area contributed by atoms with Crippen LogP contribution in [0.25, 0.3) is 0 Å². The molecule has 0 unspecified atom stereocenters. The number of rotatable bonds is 6. The molecule has 3 rings (SSSR count). The largest absolute Gasteiger partial charge is 0.416 e. The number of hydrogen-bond donors (Lipinski definition) is 2. The lowest BCUT2D eigenvalue weighted by atomic mass is 9.73. The molecule has 7 heteroatoms. The van der Waals surface area contributed by atoms with Crippen LogP contribution in [0.2, 0.25) is 0 Å². The average Bonchev–Trinajstić information content (AvgIpc) is 2.68. The molecule has 1 heterocycles. The highest BCUT2D eigenvalue weighted by molar-refractivity contribution is 5.92. The molecular weight excluding hydrogens is 369 g/mol. The number of ether oxygens (including phenoxy) is 1. The van der Waals surface area contributed by atoms with Gasteiger partial charge in [0.05, 0.1) is 5.56 Å². The minimum absolute atomic E-state index is 0.429. The lowest BCUT2D eigenvalue weighted by Crippen LogP contribution is -2.42. The number of halogens is 3. The number of hydrogen-bond acceptors (Lipinski definition) is 3. The van der Waals surface area contributed by atoms with Crippen LogP contribution < -0.4 is 11.1 Å². The Kier molecular flexibility index (Phi) is 6.05. The maximum Gasteiger partial charge on any atom is 0.416 e. The Hall–Kier alpha value is -2.38. The van der Waals surface area contributed by atoms with Crippen LogP contribution in [0.5, 0.6) is 0 Å². The normalized spacial score (nSPS) is 16.7. The SMILES string of the molecule is NC(=O)c1cccc(CNCC2(c3cccc(C(F)(F)F)c3)CCOCC2)c1. The second-order valence-corrected chi connectivity index (χ2v) is 7.14. The quantitative estimate of drug-likeness (QED) is 0.789. The van der Waals surface area contributed by atoms with E-state index in [0.717, 1.165) is 11.6 Å². The molecule has 1 aliphatic rings. The molecule has 1 amide bonds. The number of nitrogens with two attached hydrogens (primary N) is 1. The Morgan fingerprint density at radius 2 is 1.82 bits per heavy atom. The molecule has 1 aliphatic heterocycles. The first-order chi connectivity index (χ1) is 13.3. The highest BCUT2D eigenvalue weighted by atomic mass is 19.4. The summed E-state index contributed by atoms with van der Waals surface area (Å²) in [7, 11) is 0. The Morgan fingerprint density at radius 3 is 2.50 bits per heavy atom. The Morgan fingerprint density at radius 1 is 1.11 bits per heavy atom. The molecule has 150 valence electrons. The molecule has 0 aromatic heterocycles. The third kappa shape index (κ3) is 4.72. The lowest BCUT2D eigenvalue weighted by Gasteiger charge is -2.38. The highest BCUT2D eigenvalue weighted by Gasteiger charge is 2.37. The van der Waals surface area contributed by atoms with Crippen LogP contribution in [-0.4, -0.2) is 25.7 Å². The van der Waals surface area contributed by atoms with E-state index in [1.165, 1.54) is 12.1 Å². The van der Waals surface area contributed by atoms with E-state index in [2.05, 4.69) is 5.32 Å². The van der Waals surface area contributed by atoms with Crippen molar-refractivity contribution >= 4 is 5.91 Å². The van der Waals surface area contributed by atoms with Gasteiger partial charge in [-0.2, -0.15) is 13.2 Å². The summed E-state index contributed by atoms with van der Waals surface area (Å²) in [4.78, 5) is 11.3. The van der Waals surface area contributed by atoms with Gasteiger partial charge in [-0.15, -0.1) is 0 Å². The van der Waals surface area contributed by atoms with Gasteiger partial charge in [-0.1, -0.05) is 30.3 Å². The number of nitrogens with one attached hydrogen (secondary N) is 1. The van der Waals surface area contributed by atoms with Gasteiger partial charge in [-0.3, -0.25) is 4.79 Å². The monoisotopic (exact) mass is 392 g/mol. The fourth-order valence-corrected chi connectivity index (χ4v) is 3.64. The number of amides is 1. The van der Waals surface area contributed by atoms with E-state index in [-0.39, 0.29) is 0 Å². The van der Waals surface area contributed by atoms with E-state index < -0.39 is 23.1 Å². The van der Waals surface area contributed by atoms with Crippen molar-refractivity contribution < 1.29 is 22.7 Å². The summed E-state index contributed by atoms with van der Waals surface area (Å²) in [5.41, 5.74) is 6.24. The summed E-state index contributed by atoms with van der Waals surface area (Å²) in [6.45, 7) is 2.02. The van der Waals surface area contributed by atoms with E-state index in [1.807, 2.05) is 6.07 Å². The van der Waals surface area contributed by atoms with Crippen molar-refractivity contribution in [2.75, 3.05) is 19.8 Å². The number of alkyl halides is 3. The summed E-state index contributed by atoms with van der Waals surface area (Å²) in [5.74, 6) is -0.494. The number of benzene rings is 2. The van der Waals surface area contributed by atoms with Crippen molar-refractivity contribution in [3.05, 3.63) is 70.8 Å². The zero-order chi connectivity index (χ0) is 20.2. The summed E-state index contributed by atoms with van der Waals surface area (Å²) in [5, 5.41) is 3.35. The Bertz CT molecular complexity index is 830. The predicted octanol–water partition coefficient (Wildman–Crippen LogP) is 3.64. The third-order valence-corrected chi connectivity index (χ3v) is 5.26. The van der Waals surface area contributed by atoms with Gasteiger partial charge in [0.25, 0.3) is 0 Å². The van der Waals surface area contributed by atoms with Crippen molar-refractivity contribution in [1.82, 2.24) is 5.32 Å². The van der Waals surface area contributed by atoms with Crippen molar-refractivity contribution in [2.24, 2.45) is 5.73 Å². The van der Waals surface area contributed by atoms with E-state index in [0.29, 0.717) is 50.3 Å². The molecule has 0 aliphatic carbocycles. The van der Waals surface area contributed by atoms with Crippen molar-refractivity contribution in [2.45, 2.75) is 31.0 Å². The van der Waals surface area contributed by atoms with Gasteiger partial charge in [0.15, 0.2) is 0 Å². The summed E-state index contributed by atoms with van der Waals surface area (Å²) in [6.07, 6.45) is -3.09. The molecule has 0 radical (unpaired) electrons. The van der Waals surface area contributed by atoms with Gasteiger partial charge in [-0.05, 0) is 42.2 Å². The van der Waals surface area contributed by atoms with Crippen LogP contribution in [0.1, 0.15) is 39.9 Å². The van der Waals surface area contributed by atoms with Gasteiger partial charge in [0.2, 0.25) is 5.91 Å². The molecule has 28 heavy (non-hydrogen) atoms. The number of primary amides is 1. The molecule has 0 atom stereocenters. The topological polar surface area (TPSA) is 64.4 Å². The summed E-state index contributed by atoms with van der Waals surface area (Å²) >= 11 is 0. The van der Waals surface area contributed by atoms with Gasteiger partial charge in [0.1, 0.15) is 0 Å². The maximum absolute atomic E-state index is 13.2. The first-order valence-corrected chi connectivity index (χ1v) is 9.15. The van der Waals surface area contributed by atoms with Gasteiger partial charge in [0, 0.05) is 37.3 Å². The Labute approximate surface area is 161 Å². The van der Waals surface area contributed by atoms with Crippen LogP contribution in [0, 0.1) is 0 Å². The third-order valence-electron chi connectivity index (χ3n) is 5.26. The number of carbonyl (C=O) groups excluding carboxylic acids is 1. The van der Waals surface area contributed by atoms with Crippen LogP contribution >= 0.6 is 0 Å². The van der Waals surface area contributed by atoms with Crippen LogP contribution in [0.3, 0.4) is 0 Å². The van der Waals surface area contributed by atoms with Crippen molar-refractivity contribution in [3.63, 3.8) is 0 Å². The minimum atomic E-state index is -4.37. The van der Waals surface area contributed by atoms with Crippen LogP contribution in [0.4, 0.5) is 13.2 Å². The van der Waals surface area contributed by atoms with Crippen LogP contribution in [0.15, 0.2) is 48.5 Å². The van der Waals surface area contributed by atoms with Crippen molar-refractivity contribution in [3.8, 4) is 0 Å². The second-order valence-electron chi connectivity index (χ2n) is 7.14. The minimum Gasteiger partial charge on any atom is -0.381 e. The van der Waals surface area contributed by atoms with Crippen molar-refractivity contribution in [1.29, 1.82) is 0 Å². The molecule has 1 fully saturated rings. The molecule has 0 bridgehead atoms. The second kappa shape index (κ2) is 8.32. The first kappa shape index (κ1) is 20.4. The molecule has 2 aromatic rings. The van der Waals surface area contributed by atoms with E-state index in [4.69, 9.17) is 10.5 Å². The fourth-order valence-electron chi connectivity index (χ4n) is 3.64. The van der Waals surface area contributed by atoms with E-state index in [9.17, 15) is 18.0 Å². The average molecular weight is 392 g/mol. The molecule has 2 aromatic carbocycles. The molecule has 0 saturated carbocycles. The van der Waals surface area contributed by atoms with Gasteiger partial charge >= 0.3 is 6.18 Å². The molecule has 3 N–H and O–H groups in total. The zero-order valence-corrected chi connectivity index (χ0v) is 15.4. The van der Waals surface area contributed by atoms with E-state index in [1.54, 1.807) is 24.3 Å². The molecule has 1 saturated heterocycles. The Balaban J connectivity index is 1.77.